The minimum atomic E-state index is -0.488. The fraction of sp³-hybridized carbons (Fsp3) is 0.143. The van der Waals surface area contributed by atoms with Gasteiger partial charge in [-0.3, -0.25) is 24.1 Å². The van der Waals surface area contributed by atoms with E-state index in [2.05, 4.69) is 10.6 Å². The highest BCUT2D eigenvalue weighted by atomic mass is 35.5. The summed E-state index contributed by atoms with van der Waals surface area (Å²) < 4.78 is 13.0. The number of hydrogen-bond donors (Lipinski definition) is 2. The van der Waals surface area contributed by atoms with Crippen molar-refractivity contribution in [1.29, 1.82) is 0 Å². The molecule has 0 unspecified atom stereocenters. The summed E-state index contributed by atoms with van der Waals surface area (Å²) in [6.07, 6.45) is 1.51. The van der Waals surface area contributed by atoms with Gasteiger partial charge in [0.25, 0.3) is 17.1 Å². The first-order valence-corrected chi connectivity index (χ1v) is 10.3. The Morgan fingerprint density at radius 1 is 1.06 bits per heavy atom. The molecule has 0 aromatic heterocycles. The molecular formula is C21H17ClFN3O4S. The maximum absolute atomic E-state index is 13.0. The predicted octanol–water partition coefficient (Wildman–Crippen LogP) is 3.06. The number of halogens is 2. The highest BCUT2D eigenvalue weighted by Gasteiger charge is 2.34. The predicted molar refractivity (Wildman–Crippen MR) is 116 cm³/mol. The van der Waals surface area contributed by atoms with Crippen LogP contribution in [0.3, 0.4) is 0 Å². The van der Waals surface area contributed by atoms with Gasteiger partial charge in [0, 0.05) is 13.1 Å². The molecule has 1 aliphatic rings. The number of hydrogen-bond acceptors (Lipinski definition) is 5. The van der Waals surface area contributed by atoms with Crippen LogP contribution in [0.1, 0.15) is 15.9 Å². The SMILES string of the molecule is O=C(CNC(=O)c1ccccc1Cl)NCCN1C(=O)SC(=Cc2ccc(F)cc2)C1=O. The topological polar surface area (TPSA) is 95.6 Å². The average molecular weight is 462 g/mol. The van der Waals surface area contributed by atoms with Crippen LogP contribution < -0.4 is 10.6 Å². The molecule has 0 spiro atoms. The molecule has 0 aliphatic carbocycles. The summed E-state index contributed by atoms with van der Waals surface area (Å²) in [5.74, 6) is -1.85. The van der Waals surface area contributed by atoms with E-state index in [1.165, 1.54) is 36.4 Å². The van der Waals surface area contributed by atoms with Crippen molar-refractivity contribution in [3.8, 4) is 0 Å². The fourth-order valence-corrected chi connectivity index (χ4v) is 3.76. The van der Waals surface area contributed by atoms with Gasteiger partial charge in [0.05, 0.1) is 22.0 Å². The van der Waals surface area contributed by atoms with Gasteiger partial charge in [-0.25, -0.2) is 4.39 Å². The van der Waals surface area contributed by atoms with Gasteiger partial charge in [0.2, 0.25) is 5.91 Å². The smallest absolute Gasteiger partial charge is 0.293 e. The van der Waals surface area contributed by atoms with E-state index in [0.717, 1.165) is 16.7 Å². The second-order valence-corrected chi connectivity index (χ2v) is 7.80. The molecule has 4 amide bonds. The monoisotopic (exact) mass is 461 g/mol. The van der Waals surface area contributed by atoms with Gasteiger partial charge < -0.3 is 10.6 Å². The first-order valence-electron chi connectivity index (χ1n) is 9.15. The van der Waals surface area contributed by atoms with Crippen LogP contribution in [0.15, 0.2) is 53.4 Å². The lowest BCUT2D eigenvalue weighted by molar-refractivity contribution is -0.124. The van der Waals surface area contributed by atoms with E-state index in [0.29, 0.717) is 5.56 Å². The Morgan fingerprint density at radius 2 is 1.77 bits per heavy atom. The number of rotatable bonds is 7. The molecule has 2 N–H and O–H groups in total. The molecule has 7 nitrogen and oxygen atoms in total. The average Bonchev–Trinajstić information content (AvgIpc) is 3.01. The van der Waals surface area contributed by atoms with E-state index in [9.17, 15) is 23.6 Å². The molecule has 0 atom stereocenters. The van der Waals surface area contributed by atoms with Crippen LogP contribution in [-0.4, -0.2) is 47.5 Å². The van der Waals surface area contributed by atoms with E-state index in [1.54, 1.807) is 18.2 Å². The molecule has 0 bridgehead atoms. The summed E-state index contributed by atoms with van der Waals surface area (Å²) in [5, 5.41) is 4.80. The van der Waals surface area contributed by atoms with Crippen molar-refractivity contribution < 1.29 is 23.6 Å². The Labute approximate surface area is 186 Å². The highest BCUT2D eigenvalue weighted by Crippen LogP contribution is 2.31. The molecule has 0 saturated carbocycles. The quantitative estimate of drug-likeness (QED) is 0.618. The van der Waals surface area contributed by atoms with Gasteiger partial charge in [-0.15, -0.1) is 0 Å². The van der Waals surface area contributed by atoms with Gasteiger partial charge in [-0.1, -0.05) is 35.9 Å². The van der Waals surface area contributed by atoms with E-state index >= 15 is 0 Å². The van der Waals surface area contributed by atoms with Crippen molar-refractivity contribution in [3.63, 3.8) is 0 Å². The molecule has 1 aliphatic heterocycles. The number of nitrogens with zero attached hydrogens (tertiary/aromatic N) is 1. The molecule has 2 aromatic rings. The summed E-state index contributed by atoms with van der Waals surface area (Å²) >= 11 is 6.71. The zero-order chi connectivity index (χ0) is 22.4. The molecule has 1 fully saturated rings. The van der Waals surface area contributed by atoms with Crippen molar-refractivity contribution in [1.82, 2.24) is 15.5 Å². The number of amides is 4. The van der Waals surface area contributed by atoms with Crippen LogP contribution in [0.25, 0.3) is 6.08 Å². The summed E-state index contributed by atoms with van der Waals surface area (Å²) in [4.78, 5) is 49.7. The van der Waals surface area contributed by atoms with E-state index in [1.807, 2.05) is 0 Å². The number of carbonyl (C=O) groups excluding carboxylic acids is 4. The zero-order valence-corrected chi connectivity index (χ0v) is 17.6. The molecule has 0 radical (unpaired) electrons. The van der Waals surface area contributed by atoms with Crippen LogP contribution in [0.2, 0.25) is 5.02 Å². The second kappa shape index (κ2) is 10.2. The molecule has 3 rings (SSSR count). The van der Waals surface area contributed by atoms with Gasteiger partial charge in [0.1, 0.15) is 5.82 Å². The molecule has 1 heterocycles. The second-order valence-electron chi connectivity index (χ2n) is 6.40. The van der Waals surface area contributed by atoms with Crippen molar-refractivity contribution in [2.45, 2.75) is 0 Å². The number of benzene rings is 2. The van der Waals surface area contributed by atoms with Crippen LogP contribution in [0, 0.1) is 5.82 Å². The van der Waals surface area contributed by atoms with Crippen LogP contribution in [0.5, 0.6) is 0 Å². The Bertz CT molecular complexity index is 1060. The number of nitrogens with one attached hydrogen (secondary N) is 2. The van der Waals surface area contributed by atoms with Gasteiger partial charge in [-0.05, 0) is 47.7 Å². The first kappa shape index (κ1) is 22.5. The Morgan fingerprint density at radius 3 is 2.48 bits per heavy atom. The van der Waals surface area contributed by atoms with E-state index in [4.69, 9.17) is 11.6 Å². The minimum absolute atomic E-state index is 0.0182. The lowest BCUT2D eigenvalue weighted by atomic mass is 10.2. The van der Waals surface area contributed by atoms with Crippen LogP contribution in [0.4, 0.5) is 9.18 Å². The third kappa shape index (κ3) is 5.93. The molecule has 10 heteroatoms. The molecular weight excluding hydrogens is 445 g/mol. The Hall–Kier alpha value is -3.17. The van der Waals surface area contributed by atoms with Crippen molar-refractivity contribution >= 4 is 52.4 Å². The lowest BCUT2D eigenvalue weighted by Crippen LogP contribution is -2.41. The normalized spacial score (nSPS) is 14.8. The van der Waals surface area contributed by atoms with Gasteiger partial charge >= 0.3 is 0 Å². The van der Waals surface area contributed by atoms with Crippen molar-refractivity contribution in [2.75, 3.05) is 19.6 Å². The third-order valence-corrected chi connectivity index (χ3v) is 5.46. The largest absolute Gasteiger partial charge is 0.353 e. The van der Waals surface area contributed by atoms with Gasteiger partial charge in [-0.2, -0.15) is 0 Å². The summed E-state index contributed by atoms with van der Waals surface area (Å²) in [7, 11) is 0. The highest BCUT2D eigenvalue weighted by molar-refractivity contribution is 8.18. The number of thioether (sulfide) groups is 1. The Kier molecular flexibility index (Phi) is 7.43. The lowest BCUT2D eigenvalue weighted by Gasteiger charge is -2.13. The van der Waals surface area contributed by atoms with Crippen LogP contribution >= 0.6 is 23.4 Å². The molecule has 2 aromatic carbocycles. The maximum Gasteiger partial charge on any atom is 0.293 e. The van der Waals surface area contributed by atoms with Gasteiger partial charge in [0.15, 0.2) is 0 Å². The third-order valence-electron chi connectivity index (χ3n) is 4.23. The minimum Gasteiger partial charge on any atom is -0.353 e. The van der Waals surface area contributed by atoms with Crippen molar-refractivity contribution in [2.24, 2.45) is 0 Å². The number of carbonyl (C=O) groups is 4. The zero-order valence-electron chi connectivity index (χ0n) is 16.1. The fourth-order valence-electron chi connectivity index (χ4n) is 2.67. The van der Waals surface area contributed by atoms with E-state index in [-0.39, 0.29) is 35.1 Å². The Balaban J connectivity index is 1.46. The molecule has 1 saturated heterocycles. The number of imide groups is 1. The molecule has 31 heavy (non-hydrogen) atoms. The summed E-state index contributed by atoms with van der Waals surface area (Å²) in [6.45, 7) is -0.269. The summed E-state index contributed by atoms with van der Waals surface area (Å²) in [5.41, 5.74) is 0.845. The standard InChI is InChI=1S/C21H17ClFN3O4S/c22-16-4-2-1-3-15(16)19(28)25-12-18(27)24-9-10-26-20(29)17(31-21(26)30)11-13-5-7-14(23)8-6-13/h1-8,11H,9-10,12H2,(H,24,27)(H,25,28). The first-order chi connectivity index (χ1) is 14.8. The van der Waals surface area contributed by atoms with E-state index < -0.39 is 28.8 Å². The summed E-state index contributed by atoms with van der Waals surface area (Å²) in [6, 6.07) is 12.0. The van der Waals surface area contributed by atoms with Crippen molar-refractivity contribution in [3.05, 3.63) is 75.4 Å². The van der Waals surface area contributed by atoms with Crippen LogP contribution in [-0.2, 0) is 9.59 Å². The molecule has 160 valence electrons. The maximum atomic E-state index is 13.0.